The summed E-state index contributed by atoms with van der Waals surface area (Å²) in [6.45, 7) is 0.167. The molecular formula is C21H16ClN3O4S. The smallest absolute Gasteiger partial charge is 0.226 e. The van der Waals surface area contributed by atoms with E-state index < -0.39 is 11.2 Å². The molecule has 4 aromatic rings. The second-order valence-corrected chi connectivity index (χ2v) is 7.52. The number of benzene rings is 2. The molecule has 152 valence electrons. The third-order valence-electron chi connectivity index (χ3n) is 4.12. The Balaban J connectivity index is 1.59. The zero-order valence-corrected chi connectivity index (χ0v) is 17.1. The van der Waals surface area contributed by atoms with Crippen molar-refractivity contribution in [2.45, 2.75) is 17.5 Å². The first-order chi connectivity index (χ1) is 14.6. The highest BCUT2D eigenvalue weighted by atomic mass is 35.5. The van der Waals surface area contributed by atoms with Crippen LogP contribution in [-0.4, -0.2) is 19.9 Å². The van der Waals surface area contributed by atoms with Gasteiger partial charge in [-0.15, -0.1) is 10.2 Å². The number of nitrogens with zero attached hydrogens (tertiary/aromatic N) is 3. The fraction of sp³-hybridized carbons (Fsp3) is 0.0952. The molecule has 2 aromatic heterocycles. The van der Waals surface area contributed by atoms with Gasteiger partial charge in [0.15, 0.2) is 16.7 Å². The molecule has 30 heavy (non-hydrogen) atoms. The predicted molar refractivity (Wildman–Crippen MR) is 113 cm³/mol. The maximum atomic E-state index is 11.6. The molecule has 0 aliphatic carbocycles. The highest BCUT2D eigenvalue weighted by molar-refractivity contribution is 7.98. The molecular weight excluding hydrogens is 426 g/mol. The molecule has 9 heteroatoms. The van der Waals surface area contributed by atoms with Gasteiger partial charge < -0.3 is 14.3 Å². The van der Waals surface area contributed by atoms with E-state index in [1.165, 1.54) is 17.8 Å². The van der Waals surface area contributed by atoms with Crippen LogP contribution in [-0.2, 0) is 12.4 Å². The Morgan fingerprint density at radius 1 is 1.10 bits per heavy atom. The zero-order chi connectivity index (χ0) is 20.9. The topological polar surface area (TPSA) is 90.4 Å². The van der Waals surface area contributed by atoms with E-state index in [2.05, 4.69) is 10.2 Å². The number of thioether (sulfide) groups is 1. The van der Waals surface area contributed by atoms with Crippen LogP contribution >= 0.6 is 23.4 Å². The van der Waals surface area contributed by atoms with Crippen molar-refractivity contribution in [3.05, 3.63) is 93.8 Å². The van der Waals surface area contributed by atoms with E-state index in [-0.39, 0.29) is 6.61 Å². The molecule has 2 aromatic carbocycles. The second kappa shape index (κ2) is 9.06. The summed E-state index contributed by atoms with van der Waals surface area (Å²) >= 11 is 7.52. The van der Waals surface area contributed by atoms with Gasteiger partial charge >= 0.3 is 0 Å². The highest BCUT2D eigenvalue weighted by Crippen LogP contribution is 2.27. The summed E-state index contributed by atoms with van der Waals surface area (Å²) in [5.74, 6) is 1.48. The molecule has 0 saturated heterocycles. The van der Waals surface area contributed by atoms with Crippen LogP contribution in [0.15, 0.2) is 81.3 Å². The minimum Gasteiger partial charge on any atom is -0.502 e. The van der Waals surface area contributed by atoms with Crippen molar-refractivity contribution in [1.82, 2.24) is 14.8 Å². The number of hydrogen-bond acceptors (Lipinski definition) is 7. The van der Waals surface area contributed by atoms with Crippen LogP contribution in [0.1, 0.15) is 11.6 Å². The number of aromatic nitrogens is 3. The van der Waals surface area contributed by atoms with Gasteiger partial charge in [-0.2, -0.15) is 0 Å². The summed E-state index contributed by atoms with van der Waals surface area (Å²) in [6, 6.07) is 18.1. The van der Waals surface area contributed by atoms with Crippen molar-refractivity contribution in [3.8, 4) is 17.2 Å². The van der Waals surface area contributed by atoms with Gasteiger partial charge in [0.05, 0.1) is 10.8 Å². The number of aromatic hydroxyl groups is 1. The van der Waals surface area contributed by atoms with Crippen LogP contribution in [0.5, 0.6) is 11.5 Å². The zero-order valence-electron chi connectivity index (χ0n) is 15.6. The standard InChI is InChI=1S/C21H16ClN3O4S/c22-16-8-4-5-9-19(16)29-12-20-23-24-21(25(20)14-6-2-1-3-7-14)30-13-15-10-17(26)18(27)11-28-15/h1-11,27H,12-13H2. The van der Waals surface area contributed by atoms with Gasteiger partial charge in [-0.1, -0.05) is 53.7 Å². The number of hydrogen-bond donors (Lipinski definition) is 1. The van der Waals surface area contributed by atoms with Gasteiger partial charge in [0.1, 0.15) is 24.4 Å². The minimum absolute atomic E-state index is 0.167. The monoisotopic (exact) mass is 441 g/mol. The van der Waals surface area contributed by atoms with Crippen molar-refractivity contribution < 1.29 is 14.3 Å². The summed E-state index contributed by atoms with van der Waals surface area (Å²) in [6.07, 6.45) is 1.03. The van der Waals surface area contributed by atoms with Gasteiger partial charge in [0.25, 0.3) is 0 Å². The first-order valence-corrected chi connectivity index (χ1v) is 10.3. The number of ether oxygens (including phenoxy) is 1. The van der Waals surface area contributed by atoms with Crippen molar-refractivity contribution in [3.63, 3.8) is 0 Å². The first kappa shape index (κ1) is 20.1. The van der Waals surface area contributed by atoms with E-state index in [0.29, 0.717) is 33.3 Å². The Morgan fingerprint density at radius 2 is 1.87 bits per heavy atom. The molecule has 0 radical (unpaired) electrons. The molecule has 4 rings (SSSR count). The SMILES string of the molecule is O=c1cc(CSc2nnc(COc3ccccc3Cl)n2-c2ccccc2)occ1O. The summed E-state index contributed by atoms with van der Waals surface area (Å²) in [7, 11) is 0. The third-order valence-corrected chi connectivity index (χ3v) is 5.38. The molecule has 2 heterocycles. The molecule has 0 amide bonds. The number of halogens is 1. The Hall–Kier alpha value is -3.23. The minimum atomic E-state index is -0.491. The quantitative estimate of drug-likeness (QED) is 0.423. The lowest BCUT2D eigenvalue weighted by atomic mass is 10.3. The average Bonchev–Trinajstić information content (AvgIpc) is 3.17. The van der Waals surface area contributed by atoms with Crippen molar-refractivity contribution in [1.29, 1.82) is 0 Å². The molecule has 0 aliphatic rings. The van der Waals surface area contributed by atoms with E-state index >= 15 is 0 Å². The normalized spacial score (nSPS) is 10.8. The van der Waals surface area contributed by atoms with Gasteiger partial charge in [0, 0.05) is 11.8 Å². The van der Waals surface area contributed by atoms with Crippen molar-refractivity contribution in [2.24, 2.45) is 0 Å². The maximum absolute atomic E-state index is 11.6. The first-order valence-electron chi connectivity index (χ1n) is 8.92. The molecule has 0 bridgehead atoms. The van der Waals surface area contributed by atoms with Gasteiger partial charge in [0.2, 0.25) is 5.43 Å². The Morgan fingerprint density at radius 3 is 2.63 bits per heavy atom. The van der Waals surface area contributed by atoms with Crippen molar-refractivity contribution >= 4 is 23.4 Å². The summed E-state index contributed by atoms with van der Waals surface area (Å²) in [4.78, 5) is 11.6. The Labute approximate surface area is 180 Å². The average molecular weight is 442 g/mol. The number of rotatable bonds is 7. The van der Waals surface area contributed by atoms with Crippen LogP contribution in [0.25, 0.3) is 5.69 Å². The maximum Gasteiger partial charge on any atom is 0.226 e. The summed E-state index contributed by atoms with van der Waals surface area (Å²) in [5, 5.41) is 19.0. The summed E-state index contributed by atoms with van der Waals surface area (Å²) in [5.41, 5.74) is 0.380. The fourth-order valence-electron chi connectivity index (χ4n) is 2.68. The van der Waals surface area contributed by atoms with Crippen LogP contribution in [0.2, 0.25) is 5.02 Å². The van der Waals surface area contributed by atoms with E-state index in [0.717, 1.165) is 12.0 Å². The largest absolute Gasteiger partial charge is 0.502 e. The number of para-hydroxylation sites is 2. The van der Waals surface area contributed by atoms with Crippen LogP contribution in [0.4, 0.5) is 0 Å². The van der Waals surface area contributed by atoms with Crippen LogP contribution in [0, 0.1) is 0 Å². The van der Waals surface area contributed by atoms with Gasteiger partial charge in [-0.25, -0.2) is 0 Å². The molecule has 0 fully saturated rings. The Bertz CT molecular complexity index is 1210. The lowest BCUT2D eigenvalue weighted by Crippen LogP contribution is -2.07. The summed E-state index contributed by atoms with van der Waals surface area (Å²) < 4.78 is 13.0. The predicted octanol–water partition coefficient (Wildman–Crippen LogP) is 4.45. The van der Waals surface area contributed by atoms with E-state index in [4.69, 9.17) is 20.8 Å². The second-order valence-electron chi connectivity index (χ2n) is 6.17. The molecule has 0 aliphatic heterocycles. The fourth-order valence-corrected chi connectivity index (χ4v) is 3.73. The lowest BCUT2D eigenvalue weighted by Gasteiger charge is -2.11. The molecule has 0 atom stereocenters. The molecule has 0 saturated carbocycles. The van der Waals surface area contributed by atoms with Gasteiger partial charge in [-0.05, 0) is 24.3 Å². The van der Waals surface area contributed by atoms with Gasteiger partial charge in [-0.3, -0.25) is 9.36 Å². The molecule has 7 nitrogen and oxygen atoms in total. The van der Waals surface area contributed by atoms with Crippen LogP contribution < -0.4 is 10.2 Å². The molecule has 0 unspecified atom stereocenters. The highest BCUT2D eigenvalue weighted by Gasteiger charge is 2.16. The van der Waals surface area contributed by atoms with Crippen LogP contribution in [0.3, 0.4) is 0 Å². The van der Waals surface area contributed by atoms with E-state index in [1.807, 2.05) is 47.0 Å². The molecule has 1 N–H and O–H groups in total. The Kier molecular flexibility index (Phi) is 6.06. The molecule has 0 spiro atoms. The van der Waals surface area contributed by atoms with Crippen molar-refractivity contribution in [2.75, 3.05) is 0 Å². The lowest BCUT2D eigenvalue weighted by molar-refractivity contribution is 0.293. The third kappa shape index (κ3) is 4.50. The van der Waals surface area contributed by atoms with E-state index in [1.54, 1.807) is 12.1 Å². The van der Waals surface area contributed by atoms with E-state index in [9.17, 15) is 9.90 Å².